The van der Waals surface area contributed by atoms with Gasteiger partial charge in [0.15, 0.2) is 11.2 Å². The highest BCUT2D eigenvalue weighted by molar-refractivity contribution is 5.98. The van der Waals surface area contributed by atoms with Crippen LogP contribution in [0.1, 0.15) is 39.7 Å². The molecule has 3 aromatic heterocycles. The third-order valence-electron chi connectivity index (χ3n) is 6.68. The summed E-state index contributed by atoms with van der Waals surface area (Å²) in [6, 6.07) is 15.9. The average molecular weight is 527 g/mol. The van der Waals surface area contributed by atoms with Crippen molar-refractivity contribution in [2.45, 2.75) is 45.3 Å². The van der Waals surface area contributed by atoms with Gasteiger partial charge in [-0.1, -0.05) is 24.3 Å². The zero-order chi connectivity index (χ0) is 27.1. The molecule has 1 aliphatic heterocycles. The molecule has 39 heavy (non-hydrogen) atoms. The summed E-state index contributed by atoms with van der Waals surface area (Å²) in [6.07, 6.45) is 2.63. The van der Waals surface area contributed by atoms with Crippen molar-refractivity contribution in [2.75, 3.05) is 24.1 Å². The van der Waals surface area contributed by atoms with Crippen LogP contribution in [0, 0.1) is 0 Å². The van der Waals surface area contributed by atoms with Crippen LogP contribution in [0.5, 0.6) is 0 Å². The summed E-state index contributed by atoms with van der Waals surface area (Å²) in [7, 11) is 0. The number of ether oxygens (including phenoxy) is 1. The van der Waals surface area contributed by atoms with Gasteiger partial charge in [-0.3, -0.25) is 0 Å². The third-order valence-corrected chi connectivity index (χ3v) is 6.68. The number of para-hydroxylation sites is 2. The van der Waals surface area contributed by atoms with Gasteiger partial charge >= 0.3 is 6.09 Å². The lowest BCUT2D eigenvalue weighted by Crippen LogP contribution is -2.42. The minimum atomic E-state index is -0.525. The number of nitrogens with two attached hydrogens (primary N) is 1. The number of nitrogens with one attached hydrogen (secondary N) is 1. The summed E-state index contributed by atoms with van der Waals surface area (Å²) in [6.45, 7) is 6.77. The summed E-state index contributed by atoms with van der Waals surface area (Å²) in [5, 5.41) is 8.89. The molecule has 1 fully saturated rings. The number of aromatic nitrogens is 5. The smallest absolute Gasteiger partial charge is 0.410 e. The molecule has 0 radical (unpaired) electrons. The molecule has 5 aromatic rings. The predicted molar refractivity (Wildman–Crippen MR) is 149 cm³/mol. The number of rotatable bonds is 4. The van der Waals surface area contributed by atoms with E-state index in [0.29, 0.717) is 41.6 Å². The Balaban J connectivity index is 1.24. The van der Waals surface area contributed by atoms with Crippen molar-refractivity contribution < 1.29 is 13.9 Å². The van der Waals surface area contributed by atoms with Gasteiger partial charge in [-0.2, -0.15) is 10.1 Å². The van der Waals surface area contributed by atoms with Crippen LogP contribution in [0.15, 0.2) is 59.3 Å². The number of fused-ring (bicyclic) bond motifs is 2. The second-order valence-corrected chi connectivity index (χ2v) is 10.6. The van der Waals surface area contributed by atoms with E-state index in [2.05, 4.69) is 20.3 Å². The molecule has 1 amide bonds. The fraction of sp³-hybridized carbons (Fsp3) is 0.321. The van der Waals surface area contributed by atoms with Crippen LogP contribution in [-0.4, -0.2) is 54.4 Å². The topological polar surface area (TPSA) is 137 Å². The van der Waals surface area contributed by atoms with Crippen LogP contribution < -0.4 is 11.1 Å². The van der Waals surface area contributed by atoms with E-state index in [1.165, 1.54) is 6.33 Å². The molecular formula is C28H30N8O3. The second-order valence-electron chi connectivity index (χ2n) is 10.6. The van der Waals surface area contributed by atoms with E-state index >= 15 is 0 Å². The summed E-state index contributed by atoms with van der Waals surface area (Å²) in [5.41, 5.74) is 10.4. The zero-order valence-electron chi connectivity index (χ0n) is 22.1. The number of amides is 1. The van der Waals surface area contributed by atoms with Gasteiger partial charge in [0, 0.05) is 24.3 Å². The van der Waals surface area contributed by atoms with Crippen LogP contribution in [0.25, 0.3) is 33.4 Å². The molecule has 0 saturated carbocycles. The Morgan fingerprint density at radius 2 is 1.82 bits per heavy atom. The largest absolute Gasteiger partial charge is 0.444 e. The molecule has 6 rings (SSSR count). The minimum Gasteiger partial charge on any atom is -0.444 e. The molecule has 11 heteroatoms. The summed E-state index contributed by atoms with van der Waals surface area (Å²) >= 11 is 0. The van der Waals surface area contributed by atoms with Crippen molar-refractivity contribution in [3.63, 3.8) is 0 Å². The van der Waals surface area contributed by atoms with E-state index in [4.69, 9.17) is 20.0 Å². The number of carbonyl (C=O) groups is 1. The standard InChI is InChI=1S/C28H30N8O3/c1-28(2,3)39-27(37)35-14-12-19(13-15-35)36-25-22(24(29)30-16-31-25)23(34-36)17-8-10-18(11-9-17)32-26-33-20-6-4-5-7-21(20)38-26/h4-11,16,19H,12-15H2,1-3H3,(H,32,33)(H2,29,30,31). The van der Waals surface area contributed by atoms with Crippen LogP contribution in [0.2, 0.25) is 0 Å². The van der Waals surface area contributed by atoms with Crippen molar-refractivity contribution >= 4 is 45.7 Å². The fourth-order valence-corrected chi connectivity index (χ4v) is 4.83. The molecule has 3 N–H and O–H groups in total. The van der Waals surface area contributed by atoms with Crippen LogP contribution in [-0.2, 0) is 4.74 Å². The Hall–Kier alpha value is -4.67. The molecular weight excluding hydrogens is 496 g/mol. The van der Waals surface area contributed by atoms with Gasteiger partial charge in [0.1, 0.15) is 29.0 Å². The fourth-order valence-electron chi connectivity index (χ4n) is 4.83. The van der Waals surface area contributed by atoms with Gasteiger partial charge in [0.05, 0.1) is 11.4 Å². The number of benzene rings is 2. The number of carbonyl (C=O) groups excluding carboxylic acids is 1. The summed E-state index contributed by atoms with van der Waals surface area (Å²) in [4.78, 5) is 27.5. The van der Waals surface area contributed by atoms with Crippen molar-refractivity contribution in [2.24, 2.45) is 0 Å². The first-order valence-corrected chi connectivity index (χ1v) is 12.9. The molecule has 2 aromatic carbocycles. The maximum atomic E-state index is 12.5. The number of hydrogen-bond acceptors (Lipinski definition) is 9. The maximum Gasteiger partial charge on any atom is 0.410 e. The second kappa shape index (κ2) is 9.57. The number of nitrogen functional groups attached to an aromatic ring is 1. The normalized spacial score (nSPS) is 14.7. The van der Waals surface area contributed by atoms with Gasteiger partial charge in [0.2, 0.25) is 0 Å². The molecule has 11 nitrogen and oxygen atoms in total. The van der Waals surface area contributed by atoms with E-state index in [1.807, 2.05) is 74.0 Å². The SMILES string of the molecule is CC(C)(C)OC(=O)N1CCC(n2nc(-c3ccc(Nc4nc5ccccc5o4)cc3)c3c(N)ncnc32)CC1. The van der Waals surface area contributed by atoms with E-state index in [0.717, 1.165) is 35.2 Å². The van der Waals surface area contributed by atoms with E-state index < -0.39 is 5.60 Å². The van der Waals surface area contributed by atoms with Gasteiger partial charge < -0.3 is 25.1 Å². The molecule has 200 valence electrons. The molecule has 0 aliphatic carbocycles. The molecule has 0 unspecified atom stereocenters. The lowest BCUT2D eigenvalue weighted by atomic mass is 10.1. The van der Waals surface area contributed by atoms with Crippen LogP contribution >= 0.6 is 0 Å². The number of piperidine rings is 1. The highest BCUT2D eigenvalue weighted by atomic mass is 16.6. The Bertz CT molecular complexity index is 1610. The lowest BCUT2D eigenvalue weighted by Gasteiger charge is -2.33. The van der Waals surface area contributed by atoms with Gasteiger partial charge in [0.25, 0.3) is 6.01 Å². The Kier molecular flexibility index (Phi) is 6.05. The summed E-state index contributed by atoms with van der Waals surface area (Å²) in [5.74, 6) is 0.376. The zero-order valence-corrected chi connectivity index (χ0v) is 22.1. The minimum absolute atomic E-state index is 0.0642. The number of likely N-dealkylation sites (tertiary alicyclic amines) is 1. The quantitative estimate of drug-likeness (QED) is 0.309. The molecule has 1 aliphatic rings. The van der Waals surface area contributed by atoms with Crippen molar-refractivity contribution in [1.82, 2.24) is 29.6 Å². The first-order chi connectivity index (χ1) is 18.7. The maximum absolute atomic E-state index is 12.5. The van der Waals surface area contributed by atoms with Crippen molar-refractivity contribution in [3.8, 4) is 11.3 Å². The highest BCUT2D eigenvalue weighted by Crippen LogP contribution is 2.35. The van der Waals surface area contributed by atoms with Crippen LogP contribution in [0.3, 0.4) is 0 Å². The number of anilines is 3. The van der Waals surface area contributed by atoms with Gasteiger partial charge in [-0.05, 0) is 57.9 Å². The number of hydrogen-bond donors (Lipinski definition) is 2. The average Bonchev–Trinajstić information content (AvgIpc) is 3.50. The Morgan fingerprint density at radius 3 is 2.54 bits per heavy atom. The molecule has 0 spiro atoms. The molecule has 4 heterocycles. The van der Waals surface area contributed by atoms with Crippen LogP contribution in [0.4, 0.5) is 22.3 Å². The summed E-state index contributed by atoms with van der Waals surface area (Å²) < 4.78 is 13.2. The van der Waals surface area contributed by atoms with Gasteiger partial charge in [-0.15, -0.1) is 0 Å². The lowest BCUT2D eigenvalue weighted by molar-refractivity contribution is 0.0186. The number of nitrogens with zero attached hydrogens (tertiary/aromatic N) is 6. The van der Waals surface area contributed by atoms with E-state index in [-0.39, 0.29) is 12.1 Å². The Morgan fingerprint density at radius 1 is 1.08 bits per heavy atom. The molecule has 0 bridgehead atoms. The van der Waals surface area contributed by atoms with Crippen molar-refractivity contribution in [1.29, 1.82) is 0 Å². The van der Waals surface area contributed by atoms with Gasteiger partial charge in [-0.25, -0.2) is 19.4 Å². The molecule has 1 saturated heterocycles. The van der Waals surface area contributed by atoms with Crippen molar-refractivity contribution in [3.05, 3.63) is 54.9 Å². The van der Waals surface area contributed by atoms with E-state index in [9.17, 15) is 4.79 Å². The first-order valence-electron chi connectivity index (χ1n) is 12.9. The van der Waals surface area contributed by atoms with E-state index in [1.54, 1.807) is 4.90 Å². The monoisotopic (exact) mass is 526 g/mol. The third kappa shape index (κ3) is 4.95. The Labute approximate surface area is 225 Å². The first kappa shape index (κ1) is 24.7. The predicted octanol–water partition coefficient (Wildman–Crippen LogP) is 5.53. The molecule has 0 atom stereocenters. The number of oxazole rings is 1. The highest BCUT2D eigenvalue weighted by Gasteiger charge is 2.30.